The Labute approximate surface area is 288 Å². The average Bonchev–Trinajstić information content (AvgIpc) is 3.60. The van der Waals surface area contributed by atoms with Crippen LogP contribution in [0.4, 0.5) is 5.69 Å². The van der Waals surface area contributed by atoms with Crippen molar-refractivity contribution in [1.29, 1.82) is 0 Å². The number of ketones is 1. The number of carbonyl (C=O) groups excluding carboxylic acids is 2. The number of benzene rings is 2. The Morgan fingerprint density at radius 2 is 1.78 bits per heavy atom. The fourth-order valence-corrected chi connectivity index (χ4v) is 10.2. The van der Waals surface area contributed by atoms with E-state index >= 15 is 0 Å². The highest BCUT2D eigenvalue weighted by atomic mass is 32.2. The molecule has 5 aliphatic rings. The van der Waals surface area contributed by atoms with Crippen LogP contribution in [0.1, 0.15) is 98.9 Å². The van der Waals surface area contributed by atoms with E-state index in [2.05, 4.69) is 42.9 Å². The second-order valence-electron chi connectivity index (χ2n) is 15.1. The molecule has 3 aliphatic carbocycles. The predicted octanol–water partition coefficient (Wildman–Crippen LogP) is 5.55. The largest absolute Gasteiger partial charge is 0.593 e. The van der Waals surface area contributed by atoms with Crippen molar-refractivity contribution in [3.63, 3.8) is 0 Å². The van der Waals surface area contributed by atoms with Gasteiger partial charge >= 0.3 is 7.25 Å². The van der Waals surface area contributed by atoms with Crippen molar-refractivity contribution in [1.82, 2.24) is 9.79 Å². The van der Waals surface area contributed by atoms with Gasteiger partial charge in [0.15, 0.2) is 5.78 Å². The summed E-state index contributed by atoms with van der Waals surface area (Å²) in [5.74, 6) is -0.239. The quantitative estimate of drug-likeness (QED) is 0.211. The summed E-state index contributed by atoms with van der Waals surface area (Å²) in [6.45, 7) is 9.76. The van der Waals surface area contributed by atoms with Crippen molar-refractivity contribution in [2.24, 2.45) is 17.3 Å². The van der Waals surface area contributed by atoms with Crippen molar-refractivity contribution in [3.05, 3.63) is 93.4 Å². The standard InChI is InChI=1S/C37H44BN3O7S/c1-22-11-9-16-27(17-22)49(45,46)40-29-21-28(23(2)42)33-25(15-10-14-24-12-7-6-8-13-24)18-30(41(33)35(29)44)34(43)39-38-47-32-20-26-19-31(36(26,3)4)37(32,5)48-38/h6-9,11-13,16-17,21,25-26,30-32,40H,10,14-15,18-20H2,1-5H3,(H,39,43)/t25-,26?,30+,31?,32?,37-/m1/s1. The molecule has 3 unspecified atom stereocenters. The lowest BCUT2D eigenvalue weighted by atomic mass is 9.43. The number of anilines is 1. The normalized spacial score (nSPS) is 27.9. The third-order valence-corrected chi connectivity index (χ3v) is 13.1. The number of rotatable bonds is 10. The summed E-state index contributed by atoms with van der Waals surface area (Å²) in [7, 11) is -5.16. The van der Waals surface area contributed by atoms with Crippen LogP contribution in [0.2, 0.25) is 0 Å². The molecular formula is C37H44BN3O7S. The Balaban J connectivity index is 1.21. The van der Waals surface area contributed by atoms with Crippen LogP contribution in [0.3, 0.4) is 0 Å². The monoisotopic (exact) mass is 685 g/mol. The molecule has 2 aromatic carbocycles. The number of aromatic nitrogens is 1. The van der Waals surface area contributed by atoms with E-state index in [0.29, 0.717) is 24.0 Å². The van der Waals surface area contributed by atoms with Gasteiger partial charge in [-0.2, -0.15) is 0 Å². The summed E-state index contributed by atoms with van der Waals surface area (Å²) in [6.07, 6.45) is 4.24. The molecule has 0 radical (unpaired) electrons. The Hall–Kier alpha value is -3.74. The zero-order chi connectivity index (χ0) is 34.9. The molecule has 3 heterocycles. The number of pyridine rings is 1. The number of hydrogen-bond donors (Lipinski definition) is 2. The number of nitrogens with zero attached hydrogens (tertiary/aromatic N) is 1. The SMILES string of the molecule is CC(=O)c1cc(NS(=O)(=O)c2cccc(C)c2)c(=O)n2c1[C@H](CCCc1ccccc1)C[C@H]2C(=O)NB1OC2CC3CC(C3(C)C)[C@@]2(C)O1. The number of nitrogens with one attached hydrogen (secondary N) is 2. The van der Waals surface area contributed by atoms with Gasteiger partial charge in [0.1, 0.15) is 11.7 Å². The maximum atomic E-state index is 14.3. The average molecular weight is 686 g/mol. The highest BCUT2D eigenvalue weighted by Gasteiger charge is 2.68. The van der Waals surface area contributed by atoms with Crippen LogP contribution in [0, 0.1) is 24.2 Å². The molecule has 10 nitrogen and oxygen atoms in total. The summed E-state index contributed by atoms with van der Waals surface area (Å²) in [6, 6.07) is 16.7. The molecule has 1 aromatic heterocycles. The first-order chi connectivity index (χ1) is 23.2. The molecule has 258 valence electrons. The maximum Gasteiger partial charge on any atom is 0.593 e. The third-order valence-electron chi connectivity index (χ3n) is 11.8. The van der Waals surface area contributed by atoms with Crippen LogP contribution < -0.4 is 15.5 Å². The van der Waals surface area contributed by atoms with Gasteiger partial charge < -0.3 is 14.5 Å². The van der Waals surface area contributed by atoms with Gasteiger partial charge in [0.05, 0.1) is 16.6 Å². The first kappa shape index (κ1) is 33.7. The molecule has 2 bridgehead atoms. The van der Waals surface area contributed by atoms with E-state index < -0.39 is 40.4 Å². The summed E-state index contributed by atoms with van der Waals surface area (Å²) in [5.41, 5.74) is 1.21. The number of Topliss-reactive ketones (excluding diaryl/α,β-unsaturated/α-hetero) is 1. The topological polar surface area (TPSA) is 133 Å². The number of sulfonamides is 1. The Bertz CT molecular complexity index is 1980. The van der Waals surface area contributed by atoms with E-state index in [-0.39, 0.29) is 45.8 Å². The van der Waals surface area contributed by atoms with Gasteiger partial charge in [0, 0.05) is 17.2 Å². The van der Waals surface area contributed by atoms with Gasteiger partial charge in [-0.25, -0.2) is 8.42 Å². The minimum absolute atomic E-state index is 0.0126. The first-order valence-corrected chi connectivity index (χ1v) is 18.7. The van der Waals surface area contributed by atoms with Crippen LogP contribution in [0.25, 0.3) is 0 Å². The van der Waals surface area contributed by atoms with E-state index in [9.17, 15) is 22.8 Å². The number of carbonyl (C=O) groups is 2. The van der Waals surface area contributed by atoms with E-state index in [1.54, 1.807) is 19.1 Å². The van der Waals surface area contributed by atoms with Crippen molar-refractivity contribution in [2.45, 2.75) is 102 Å². The number of fused-ring (bicyclic) bond motifs is 1. The van der Waals surface area contributed by atoms with Crippen LogP contribution in [-0.4, -0.2) is 43.6 Å². The second kappa shape index (κ2) is 12.2. The Morgan fingerprint density at radius 1 is 1.02 bits per heavy atom. The first-order valence-electron chi connectivity index (χ1n) is 17.3. The minimum Gasteiger partial charge on any atom is -0.386 e. The van der Waals surface area contributed by atoms with Crippen LogP contribution in [0.15, 0.2) is 70.4 Å². The number of hydrogen-bond acceptors (Lipinski definition) is 7. The molecule has 1 saturated heterocycles. The smallest absolute Gasteiger partial charge is 0.386 e. The predicted molar refractivity (Wildman–Crippen MR) is 187 cm³/mol. The van der Waals surface area contributed by atoms with Crippen LogP contribution >= 0.6 is 0 Å². The van der Waals surface area contributed by atoms with Gasteiger partial charge in [-0.1, -0.05) is 56.3 Å². The van der Waals surface area contributed by atoms with Crippen LogP contribution in [-0.2, 0) is 30.5 Å². The summed E-state index contributed by atoms with van der Waals surface area (Å²) in [4.78, 5) is 41.6. The Morgan fingerprint density at radius 3 is 2.47 bits per heavy atom. The lowest BCUT2D eigenvalue weighted by Gasteiger charge is -2.64. The molecular weight excluding hydrogens is 641 g/mol. The molecule has 2 aliphatic heterocycles. The molecule has 0 spiro atoms. The highest BCUT2D eigenvalue weighted by molar-refractivity contribution is 7.92. The van der Waals surface area contributed by atoms with E-state index in [0.717, 1.165) is 31.2 Å². The molecule has 1 amide bonds. The van der Waals surface area contributed by atoms with E-state index in [1.165, 1.54) is 35.3 Å². The maximum absolute atomic E-state index is 14.3. The summed E-state index contributed by atoms with van der Waals surface area (Å²) < 4.78 is 43.4. The van der Waals surface area contributed by atoms with Crippen LogP contribution in [0.5, 0.6) is 0 Å². The number of amides is 1. The van der Waals surface area contributed by atoms with Crippen molar-refractivity contribution >= 4 is 34.7 Å². The van der Waals surface area contributed by atoms with Gasteiger partial charge in [-0.3, -0.25) is 23.7 Å². The number of aryl methyl sites for hydroxylation is 2. The summed E-state index contributed by atoms with van der Waals surface area (Å²) in [5, 5.41) is 2.92. The molecule has 6 atom stereocenters. The van der Waals surface area contributed by atoms with E-state index in [4.69, 9.17) is 9.31 Å². The highest BCUT2D eigenvalue weighted by Crippen LogP contribution is 2.65. The van der Waals surface area contributed by atoms with Crippen molar-refractivity contribution in [3.8, 4) is 0 Å². The molecule has 3 saturated carbocycles. The fraction of sp³-hybridized carbons (Fsp3) is 0.486. The summed E-state index contributed by atoms with van der Waals surface area (Å²) >= 11 is 0. The second-order valence-corrected chi connectivity index (χ2v) is 16.8. The molecule has 49 heavy (non-hydrogen) atoms. The van der Waals surface area contributed by atoms with Crippen molar-refractivity contribution in [2.75, 3.05) is 4.72 Å². The van der Waals surface area contributed by atoms with Gasteiger partial charge in [-0.15, -0.1) is 0 Å². The molecule has 12 heteroatoms. The van der Waals surface area contributed by atoms with Crippen molar-refractivity contribution < 1.29 is 27.3 Å². The molecule has 3 aromatic rings. The minimum atomic E-state index is -4.18. The lowest BCUT2D eigenvalue weighted by molar-refractivity contribution is -0.199. The molecule has 8 rings (SSSR count). The Kier molecular flexibility index (Phi) is 8.43. The molecule has 2 N–H and O–H groups in total. The van der Waals surface area contributed by atoms with Gasteiger partial charge in [0.2, 0.25) is 5.91 Å². The van der Waals surface area contributed by atoms with Gasteiger partial charge in [0.25, 0.3) is 15.6 Å². The van der Waals surface area contributed by atoms with E-state index in [1.807, 2.05) is 18.2 Å². The van der Waals surface area contributed by atoms with Gasteiger partial charge in [-0.05, 0) is 106 Å². The zero-order valence-electron chi connectivity index (χ0n) is 28.7. The molecule has 4 fully saturated rings. The zero-order valence-corrected chi connectivity index (χ0v) is 29.5. The fourth-order valence-electron chi connectivity index (χ4n) is 9.02. The third kappa shape index (κ3) is 5.85. The lowest BCUT2D eigenvalue weighted by Crippen LogP contribution is -2.65.